The Morgan fingerprint density at radius 3 is 2.42 bits per heavy atom. The van der Waals surface area contributed by atoms with Crippen molar-refractivity contribution >= 4 is 55.9 Å². The van der Waals surface area contributed by atoms with Crippen molar-refractivity contribution < 1.29 is 14.3 Å². The van der Waals surface area contributed by atoms with E-state index in [1.54, 1.807) is 13.2 Å². The number of carbonyl (C=O) groups is 2. The molecule has 0 radical (unpaired) electrons. The van der Waals surface area contributed by atoms with Crippen molar-refractivity contribution in [3.05, 3.63) is 114 Å². The summed E-state index contributed by atoms with van der Waals surface area (Å²) in [5, 5.41) is 5.97. The molecule has 4 aromatic carbocycles. The van der Waals surface area contributed by atoms with Gasteiger partial charge in [-0.1, -0.05) is 59.4 Å². The number of amides is 2. The standard InChI is InChI=1S/C30H25N3O3S2/c1-19-7-6-10-21(17-19)28(34)31-22-11-14-24(15-12-22)37-27(20-8-4-3-5-9-20)29(35)33-30-32-25-16-13-23(36-2)18-26(25)38-30/h3-18,27H,1-2H3,(H,31,34)(H,32,33,35). The van der Waals surface area contributed by atoms with E-state index in [-0.39, 0.29) is 11.8 Å². The maximum atomic E-state index is 13.5. The minimum atomic E-state index is -0.495. The zero-order valence-electron chi connectivity index (χ0n) is 20.8. The number of nitrogens with zero attached hydrogens (tertiary/aromatic N) is 1. The summed E-state index contributed by atoms with van der Waals surface area (Å²) in [5.41, 5.74) is 4.01. The van der Waals surface area contributed by atoms with E-state index in [9.17, 15) is 9.59 Å². The maximum Gasteiger partial charge on any atom is 0.255 e. The summed E-state index contributed by atoms with van der Waals surface area (Å²) in [6, 6.07) is 30.2. The monoisotopic (exact) mass is 539 g/mol. The molecule has 5 rings (SSSR count). The molecule has 8 heteroatoms. The number of thiazole rings is 1. The van der Waals surface area contributed by atoms with Gasteiger partial charge in [0.05, 0.1) is 17.3 Å². The van der Waals surface area contributed by atoms with Gasteiger partial charge in [0.1, 0.15) is 11.0 Å². The van der Waals surface area contributed by atoms with Crippen LogP contribution in [0.1, 0.15) is 26.7 Å². The van der Waals surface area contributed by atoms with Crippen molar-refractivity contribution in [2.24, 2.45) is 0 Å². The molecular formula is C30H25N3O3S2. The number of methoxy groups -OCH3 is 1. The molecule has 0 aliphatic heterocycles. The number of anilines is 2. The SMILES string of the molecule is COc1ccc2nc(NC(=O)C(Sc3ccc(NC(=O)c4cccc(C)c4)cc3)c3ccccc3)sc2c1. The lowest BCUT2D eigenvalue weighted by Gasteiger charge is -2.16. The number of hydrogen-bond acceptors (Lipinski definition) is 6. The molecule has 2 N–H and O–H groups in total. The highest BCUT2D eigenvalue weighted by Crippen LogP contribution is 2.37. The van der Waals surface area contributed by atoms with Gasteiger partial charge in [-0.3, -0.25) is 9.59 Å². The largest absolute Gasteiger partial charge is 0.497 e. The Morgan fingerprint density at radius 1 is 0.895 bits per heavy atom. The maximum absolute atomic E-state index is 13.5. The molecule has 1 unspecified atom stereocenters. The Balaban J connectivity index is 1.32. The molecule has 0 aliphatic rings. The zero-order chi connectivity index (χ0) is 26.5. The van der Waals surface area contributed by atoms with Crippen molar-refractivity contribution in [3.8, 4) is 5.75 Å². The lowest BCUT2D eigenvalue weighted by atomic mass is 10.1. The first-order valence-electron chi connectivity index (χ1n) is 11.9. The van der Waals surface area contributed by atoms with Gasteiger partial charge in [0.2, 0.25) is 5.91 Å². The fraction of sp³-hybridized carbons (Fsp3) is 0.100. The number of fused-ring (bicyclic) bond motifs is 1. The van der Waals surface area contributed by atoms with E-state index < -0.39 is 5.25 Å². The molecule has 0 aliphatic carbocycles. The van der Waals surface area contributed by atoms with Crippen LogP contribution < -0.4 is 15.4 Å². The molecule has 0 spiro atoms. The third-order valence-electron chi connectivity index (χ3n) is 5.81. The number of aromatic nitrogens is 1. The van der Waals surface area contributed by atoms with Crippen LogP contribution in [0.15, 0.2) is 102 Å². The highest BCUT2D eigenvalue weighted by atomic mass is 32.2. The molecule has 1 aromatic heterocycles. The van der Waals surface area contributed by atoms with Gasteiger partial charge in [0, 0.05) is 16.1 Å². The molecule has 0 saturated heterocycles. The van der Waals surface area contributed by atoms with Gasteiger partial charge < -0.3 is 15.4 Å². The second kappa shape index (κ2) is 11.5. The average molecular weight is 540 g/mol. The van der Waals surface area contributed by atoms with E-state index >= 15 is 0 Å². The second-order valence-corrected chi connectivity index (χ2v) is 10.8. The van der Waals surface area contributed by atoms with Crippen molar-refractivity contribution in [1.29, 1.82) is 0 Å². The Bertz CT molecular complexity index is 1580. The van der Waals surface area contributed by atoms with Gasteiger partial charge in [-0.2, -0.15) is 0 Å². The molecule has 2 amide bonds. The van der Waals surface area contributed by atoms with Gasteiger partial charge >= 0.3 is 0 Å². The van der Waals surface area contributed by atoms with E-state index in [4.69, 9.17) is 4.74 Å². The number of thioether (sulfide) groups is 1. The fourth-order valence-electron chi connectivity index (χ4n) is 3.90. The summed E-state index contributed by atoms with van der Waals surface area (Å²) < 4.78 is 6.23. The molecule has 6 nitrogen and oxygen atoms in total. The first kappa shape index (κ1) is 25.5. The molecule has 0 saturated carbocycles. The van der Waals surface area contributed by atoms with Gasteiger partial charge in [-0.25, -0.2) is 4.98 Å². The van der Waals surface area contributed by atoms with Crippen LogP contribution in [0.3, 0.4) is 0 Å². The normalized spacial score (nSPS) is 11.6. The topological polar surface area (TPSA) is 80.3 Å². The lowest BCUT2D eigenvalue weighted by molar-refractivity contribution is -0.115. The minimum absolute atomic E-state index is 0.163. The number of carbonyl (C=O) groups excluding carboxylic acids is 2. The van der Waals surface area contributed by atoms with E-state index in [2.05, 4.69) is 15.6 Å². The van der Waals surface area contributed by atoms with Crippen LogP contribution in [-0.4, -0.2) is 23.9 Å². The number of ether oxygens (including phenoxy) is 1. The minimum Gasteiger partial charge on any atom is -0.497 e. The molecular weight excluding hydrogens is 514 g/mol. The molecule has 0 fully saturated rings. The van der Waals surface area contributed by atoms with Crippen LogP contribution in [0.2, 0.25) is 0 Å². The fourth-order valence-corrected chi connectivity index (χ4v) is 5.82. The van der Waals surface area contributed by atoms with E-state index in [0.29, 0.717) is 16.4 Å². The quantitative estimate of drug-likeness (QED) is 0.202. The Morgan fingerprint density at radius 2 is 1.68 bits per heavy atom. The smallest absolute Gasteiger partial charge is 0.255 e. The Hall–Kier alpha value is -4.14. The molecule has 38 heavy (non-hydrogen) atoms. The first-order valence-corrected chi connectivity index (χ1v) is 13.6. The van der Waals surface area contributed by atoms with Gasteiger partial charge in [-0.05, 0) is 67.1 Å². The van der Waals surface area contributed by atoms with Crippen molar-refractivity contribution in [2.45, 2.75) is 17.1 Å². The number of rotatable bonds is 8. The number of aryl methyl sites for hydroxylation is 1. The van der Waals surface area contributed by atoms with E-state index in [0.717, 1.165) is 32.0 Å². The Kier molecular flexibility index (Phi) is 7.72. The zero-order valence-corrected chi connectivity index (χ0v) is 22.4. The summed E-state index contributed by atoms with van der Waals surface area (Å²) in [6.07, 6.45) is 0. The van der Waals surface area contributed by atoms with Crippen LogP contribution in [0.25, 0.3) is 10.2 Å². The molecule has 1 heterocycles. The first-order chi connectivity index (χ1) is 18.5. The molecule has 5 aromatic rings. The predicted molar refractivity (Wildman–Crippen MR) is 155 cm³/mol. The van der Waals surface area contributed by atoms with Crippen LogP contribution in [0.5, 0.6) is 5.75 Å². The highest BCUT2D eigenvalue weighted by molar-refractivity contribution is 8.00. The predicted octanol–water partition coefficient (Wildman–Crippen LogP) is 7.34. The van der Waals surface area contributed by atoms with Crippen molar-refractivity contribution in [3.63, 3.8) is 0 Å². The van der Waals surface area contributed by atoms with Crippen LogP contribution in [-0.2, 0) is 4.79 Å². The second-order valence-electron chi connectivity index (χ2n) is 8.60. The van der Waals surface area contributed by atoms with Gasteiger partial charge in [-0.15, -0.1) is 11.8 Å². The number of hydrogen-bond donors (Lipinski definition) is 2. The molecule has 1 atom stereocenters. The Labute approximate surface area is 229 Å². The third kappa shape index (κ3) is 6.04. The van der Waals surface area contributed by atoms with Gasteiger partial charge in [0.25, 0.3) is 5.91 Å². The van der Waals surface area contributed by atoms with E-state index in [1.807, 2.05) is 97.9 Å². The van der Waals surface area contributed by atoms with E-state index in [1.165, 1.54) is 23.1 Å². The van der Waals surface area contributed by atoms with Crippen LogP contribution in [0, 0.1) is 6.92 Å². The molecule has 0 bridgehead atoms. The lowest BCUT2D eigenvalue weighted by Crippen LogP contribution is -2.18. The summed E-state index contributed by atoms with van der Waals surface area (Å²) in [5.74, 6) is 0.420. The van der Waals surface area contributed by atoms with Crippen molar-refractivity contribution in [1.82, 2.24) is 4.98 Å². The summed E-state index contributed by atoms with van der Waals surface area (Å²) in [7, 11) is 1.62. The summed E-state index contributed by atoms with van der Waals surface area (Å²) >= 11 is 2.85. The van der Waals surface area contributed by atoms with Crippen LogP contribution >= 0.6 is 23.1 Å². The summed E-state index contributed by atoms with van der Waals surface area (Å²) in [6.45, 7) is 1.95. The van der Waals surface area contributed by atoms with Crippen molar-refractivity contribution in [2.75, 3.05) is 17.7 Å². The number of benzene rings is 4. The van der Waals surface area contributed by atoms with Crippen LogP contribution in [0.4, 0.5) is 10.8 Å². The van der Waals surface area contributed by atoms with Gasteiger partial charge in [0.15, 0.2) is 5.13 Å². The molecule has 190 valence electrons. The highest BCUT2D eigenvalue weighted by Gasteiger charge is 2.23. The third-order valence-corrected chi connectivity index (χ3v) is 8.01. The average Bonchev–Trinajstić information content (AvgIpc) is 3.34. The summed E-state index contributed by atoms with van der Waals surface area (Å²) in [4.78, 5) is 31.5. The number of nitrogens with one attached hydrogen (secondary N) is 2.